The number of halogens is 1. The molecule has 178 valence electrons. The zero-order valence-corrected chi connectivity index (χ0v) is 20.2. The van der Waals surface area contributed by atoms with Gasteiger partial charge in [-0.15, -0.1) is 11.3 Å². The Kier molecular flexibility index (Phi) is 8.54. The largest absolute Gasteiger partial charge is 0.350 e. The summed E-state index contributed by atoms with van der Waals surface area (Å²) in [6.45, 7) is 6.38. The average molecular weight is 482 g/mol. The van der Waals surface area contributed by atoms with Gasteiger partial charge in [0.1, 0.15) is 10.8 Å². The highest BCUT2D eigenvalue weighted by molar-refractivity contribution is 7.14. The summed E-state index contributed by atoms with van der Waals surface area (Å²) < 4.78 is 13.0. The first-order valence-electron chi connectivity index (χ1n) is 11.1. The molecule has 3 aromatic rings. The van der Waals surface area contributed by atoms with Gasteiger partial charge in [0.05, 0.1) is 12.1 Å². The smallest absolute Gasteiger partial charge is 0.257 e. The summed E-state index contributed by atoms with van der Waals surface area (Å²) in [5, 5.41) is 7.73. The topological polar surface area (TPSA) is 78.5 Å². The Balaban J connectivity index is 1.62. The summed E-state index contributed by atoms with van der Waals surface area (Å²) >= 11 is 1.25. The number of likely N-dealkylation sites (N-methyl/N-ethyl adjacent to an activating group) is 1. The quantitative estimate of drug-likeness (QED) is 0.449. The van der Waals surface area contributed by atoms with Crippen molar-refractivity contribution in [2.45, 2.75) is 33.2 Å². The maximum atomic E-state index is 13.1. The third-order valence-electron chi connectivity index (χ3n) is 5.37. The molecule has 0 atom stereocenters. The highest BCUT2D eigenvalue weighted by Crippen LogP contribution is 2.26. The maximum Gasteiger partial charge on any atom is 0.257 e. The summed E-state index contributed by atoms with van der Waals surface area (Å²) in [5.41, 5.74) is 2.74. The van der Waals surface area contributed by atoms with Gasteiger partial charge >= 0.3 is 0 Å². The van der Waals surface area contributed by atoms with Crippen molar-refractivity contribution >= 4 is 34.1 Å². The van der Waals surface area contributed by atoms with E-state index in [1.54, 1.807) is 42.6 Å². The molecule has 3 amide bonds. The van der Waals surface area contributed by atoms with E-state index in [2.05, 4.69) is 24.5 Å². The van der Waals surface area contributed by atoms with Gasteiger partial charge < -0.3 is 15.5 Å². The molecule has 2 N–H and O–H groups in total. The van der Waals surface area contributed by atoms with Crippen LogP contribution in [0.5, 0.6) is 0 Å². The van der Waals surface area contributed by atoms with Crippen LogP contribution in [0.3, 0.4) is 0 Å². The van der Waals surface area contributed by atoms with Crippen molar-refractivity contribution in [1.82, 2.24) is 10.2 Å². The predicted molar refractivity (Wildman–Crippen MR) is 133 cm³/mol. The third-order valence-corrected chi connectivity index (χ3v) is 6.20. The second-order valence-corrected chi connectivity index (χ2v) is 9.03. The number of carbonyl (C=O) groups is 3. The van der Waals surface area contributed by atoms with E-state index < -0.39 is 0 Å². The van der Waals surface area contributed by atoms with Crippen LogP contribution < -0.4 is 10.6 Å². The Bertz CT molecular complexity index is 1140. The van der Waals surface area contributed by atoms with Gasteiger partial charge in [0.15, 0.2) is 0 Å². The van der Waals surface area contributed by atoms with Crippen molar-refractivity contribution in [3.05, 3.63) is 88.0 Å². The van der Waals surface area contributed by atoms with Crippen molar-refractivity contribution < 1.29 is 18.8 Å². The van der Waals surface area contributed by atoms with Crippen molar-refractivity contribution in [3.63, 3.8) is 0 Å². The van der Waals surface area contributed by atoms with Gasteiger partial charge in [-0.1, -0.05) is 38.1 Å². The molecule has 6 nitrogen and oxygen atoms in total. The van der Waals surface area contributed by atoms with Crippen LogP contribution in [-0.4, -0.2) is 35.7 Å². The predicted octanol–water partition coefficient (Wildman–Crippen LogP) is 5.04. The van der Waals surface area contributed by atoms with Gasteiger partial charge in [-0.25, -0.2) is 4.39 Å². The lowest BCUT2D eigenvalue weighted by molar-refractivity contribution is -0.121. The second kappa shape index (κ2) is 11.6. The summed E-state index contributed by atoms with van der Waals surface area (Å²) in [6, 6.07) is 14.9. The van der Waals surface area contributed by atoms with Crippen LogP contribution >= 0.6 is 11.3 Å². The van der Waals surface area contributed by atoms with Gasteiger partial charge in [-0.3, -0.25) is 14.4 Å². The molecular formula is C26H28FN3O3S. The fourth-order valence-corrected chi connectivity index (χ4v) is 4.07. The van der Waals surface area contributed by atoms with Gasteiger partial charge in [0.25, 0.3) is 11.8 Å². The van der Waals surface area contributed by atoms with E-state index in [1.807, 2.05) is 12.1 Å². The number of hydrogen-bond donors (Lipinski definition) is 2. The van der Waals surface area contributed by atoms with Crippen LogP contribution in [0.15, 0.2) is 60.0 Å². The number of hydrogen-bond acceptors (Lipinski definition) is 4. The second-order valence-electron chi connectivity index (χ2n) is 8.12. The fourth-order valence-electron chi connectivity index (χ4n) is 3.30. The molecule has 1 heterocycles. The van der Waals surface area contributed by atoms with E-state index in [0.717, 1.165) is 11.1 Å². The number of thiophene rings is 1. The van der Waals surface area contributed by atoms with Crippen LogP contribution in [0.4, 0.5) is 9.39 Å². The molecule has 2 aromatic carbocycles. The molecule has 0 unspecified atom stereocenters. The zero-order chi connectivity index (χ0) is 24.7. The molecule has 0 fully saturated rings. The van der Waals surface area contributed by atoms with E-state index in [9.17, 15) is 18.8 Å². The molecule has 34 heavy (non-hydrogen) atoms. The molecule has 0 aliphatic carbocycles. The molecule has 0 aliphatic heterocycles. The number of rotatable bonds is 9. The maximum absolute atomic E-state index is 13.1. The van der Waals surface area contributed by atoms with Crippen LogP contribution in [0, 0.1) is 5.82 Å². The van der Waals surface area contributed by atoms with Crippen LogP contribution in [0.25, 0.3) is 0 Å². The molecule has 0 saturated carbocycles. The lowest BCUT2D eigenvalue weighted by Gasteiger charge is -2.20. The summed E-state index contributed by atoms with van der Waals surface area (Å²) in [6.07, 6.45) is 0. The number of amides is 3. The first-order chi connectivity index (χ1) is 16.3. The molecule has 0 aliphatic rings. The highest BCUT2D eigenvalue weighted by atomic mass is 32.1. The van der Waals surface area contributed by atoms with E-state index in [0.29, 0.717) is 28.6 Å². The summed E-state index contributed by atoms with van der Waals surface area (Å²) in [5.74, 6) is -0.945. The highest BCUT2D eigenvalue weighted by Gasteiger charge is 2.22. The lowest BCUT2D eigenvalue weighted by Crippen LogP contribution is -2.40. The van der Waals surface area contributed by atoms with E-state index in [1.165, 1.54) is 28.4 Å². The van der Waals surface area contributed by atoms with Gasteiger partial charge in [0.2, 0.25) is 5.91 Å². The molecule has 0 bridgehead atoms. The average Bonchev–Trinajstić information content (AvgIpc) is 3.29. The normalized spacial score (nSPS) is 10.7. The molecular weight excluding hydrogens is 453 g/mol. The van der Waals surface area contributed by atoms with Gasteiger partial charge in [0, 0.05) is 18.7 Å². The minimum Gasteiger partial charge on any atom is -0.350 e. The van der Waals surface area contributed by atoms with Crippen molar-refractivity contribution in [3.8, 4) is 0 Å². The van der Waals surface area contributed by atoms with E-state index in [4.69, 9.17) is 0 Å². The van der Waals surface area contributed by atoms with Crippen molar-refractivity contribution in [1.29, 1.82) is 0 Å². The van der Waals surface area contributed by atoms with Crippen LogP contribution in [0.1, 0.15) is 58.5 Å². The summed E-state index contributed by atoms with van der Waals surface area (Å²) in [7, 11) is 0. The van der Waals surface area contributed by atoms with E-state index in [-0.39, 0.29) is 36.6 Å². The Morgan fingerprint density at radius 1 is 1.00 bits per heavy atom. The Morgan fingerprint density at radius 3 is 2.29 bits per heavy atom. The zero-order valence-electron chi connectivity index (χ0n) is 19.4. The third kappa shape index (κ3) is 6.51. The Morgan fingerprint density at radius 2 is 1.68 bits per heavy atom. The molecule has 8 heteroatoms. The summed E-state index contributed by atoms with van der Waals surface area (Å²) in [4.78, 5) is 39.6. The molecule has 0 radical (unpaired) electrons. The molecule has 3 rings (SSSR count). The standard InChI is InChI=1S/C26H28FN3O3S/c1-4-30(16-23(31)28-15-18-5-11-21(27)12-6-18)26(33)22-13-14-34-25(22)29-24(32)20-9-7-19(8-10-20)17(2)3/h5-14,17H,4,15-16H2,1-3H3,(H,28,31)(H,29,32). The fraction of sp³-hybridized carbons (Fsp3) is 0.269. The SMILES string of the molecule is CCN(CC(=O)NCc1ccc(F)cc1)C(=O)c1ccsc1NC(=O)c1ccc(C(C)C)cc1. The number of carbonyl (C=O) groups excluding carboxylic acids is 3. The Hall–Kier alpha value is -3.52. The number of nitrogens with zero attached hydrogens (tertiary/aromatic N) is 1. The number of nitrogens with one attached hydrogen (secondary N) is 2. The number of anilines is 1. The monoisotopic (exact) mass is 481 g/mol. The Labute approximate surface area is 202 Å². The van der Waals surface area contributed by atoms with E-state index >= 15 is 0 Å². The number of benzene rings is 2. The van der Waals surface area contributed by atoms with Gasteiger partial charge in [-0.05, 0) is 59.7 Å². The molecule has 0 saturated heterocycles. The molecule has 1 aromatic heterocycles. The molecule has 0 spiro atoms. The van der Waals surface area contributed by atoms with Crippen molar-refractivity contribution in [2.75, 3.05) is 18.4 Å². The minimum absolute atomic E-state index is 0.129. The first kappa shape index (κ1) is 25.1. The van der Waals surface area contributed by atoms with Crippen molar-refractivity contribution in [2.24, 2.45) is 0 Å². The van der Waals surface area contributed by atoms with Crippen LogP contribution in [0.2, 0.25) is 0 Å². The van der Waals surface area contributed by atoms with Crippen LogP contribution in [-0.2, 0) is 11.3 Å². The first-order valence-corrected chi connectivity index (χ1v) is 12.0. The lowest BCUT2D eigenvalue weighted by atomic mass is 10.0. The minimum atomic E-state index is -0.343. The van der Waals surface area contributed by atoms with Gasteiger partial charge in [-0.2, -0.15) is 0 Å².